The summed E-state index contributed by atoms with van der Waals surface area (Å²) in [6.45, 7) is 3.92. The first-order valence-corrected chi connectivity index (χ1v) is 7.78. The third kappa shape index (κ3) is 6.32. The molecule has 5 heteroatoms. The normalized spacial score (nSPS) is 12.5. The van der Waals surface area contributed by atoms with Crippen LogP contribution in [-0.2, 0) is 10.5 Å². The lowest BCUT2D eigenvalue weighted by Gasteiger charge is -2.19. The van der Waals surface area contributed by atoms with E-state index in [9.17, 15) is 4.79 Å². The number of carbonyl (C=O) groups is 1. The molecule has 0 spiro atoms. The molecule has 0 aromatic heterocycles. The summed E-state index contributed by atoms with van der Waals surface area (Å²) in [5, 5.41) is 12.7. The summed E-state index contributed by atoms with van der Waals surface area (Å²) in [4.78, 5) is 11.7. The van der Waals surface area contributed by atoms with E-state index in [1.807, 2.05) is 38.1 Å². The molecular weight excluding hydrogens is 282 g/mol. The fourth-order valence-electron chi connectivity index (χ4n) is 1.56. The third-order valence-corrected chi connectivity index (χ3v) is 3.98. The largest absolute Gasteiger partial charge is 0.394 e. The molecule has 106 valence electrons. The van der Waals surface area contributed by atoms with E-state index in [0.29, 0.717) is 10.8 Å². The topological polar surface area (TPSA) is 49.3 Å². The molecule has 0 radical (unpaired) electrons. The van der Waals surface area contributed by atoms with Gasteiger partial charge in [-0.1, -0.05) is 37.6 Å². The number of amides is 1. The van der Waals surface area contributed by atoms with Crippen LogP contribution in [-0.4, -0.2) is 29.4 Å². The average molecular weight is 302 g/mol. The van der Waals surface area contributed by atoms with Crippen LogP contribution in [0.1, 0.15) is 19.4 Å². The Bertz CT molecular complexity index is 412. The van der Waals surface area contributed by atoms with Gasteiger partial charge in [0.1, 0.15) is 0 Å². The number of hydrogen-bond acceptors (Lipinski definition) is 3. The smallest absolute Gasteiger partial charge is 0.230 e. The first-order valence-electron chi connectivity index (χ1n) is 6.25. The molecule has 0 saturated carbocycles. The zero-order valence-corrected chi connectivity index (χ0v) is 12.8. The average Bonchev–Trinajstić information content (AvgIpc) is 2.35. The van der Waals surface area contributed by atoms with E-state index in [1.54, 1.807) is 0 Å². The zero-order valence-electron chi connectivity index (χ0n) is 11.2. The van der Waals surface area contributed by atoms with Crippen molar-refractivity contribution < 1.29 is 9.90 Å². The van der Waals surface area contributed by atoms with E-state index in [-0.39, 0.29) is 24.5 Å². The maximum Gasteiger partial charge on any atom is 0.230 e. The van der Waals surface area contributed by atoms with Gasteiger partial charge in [-0.15, -0.1) is 11.8 Å². The Hall–Kier alpha value is -0.710. The highest BCUT2D eigenvalue weighted by Crippen LogP contribution is 2.16. The molecule has 0 heterocycles. The van der Waals surface area contributed by atoms with Gasteiger partial charge >= 0.3 is 0 Å². The molecule has 3 nitrogen and oxygen atoms in total. The fraction of sp³-hybridized carbons (Fsp3) is 0.500. The highest BCUT2D eigenvalue weighted by atomic mass is 35.5. The van der Waals surface area contributed by atoms with E-state index in [4.69, 9.17) is 16.7 Å². The van der Waals surface area contributed by atoms with Crippen LogP contribution in [0.5, 0.6) is 0 Å². The number of halogens is 1. The van der Waals surface area contributed by atoms with Gasteiger partial charge in [-0.2, -0.15) is 0 Å². The summed E-state index contributed by atoms with van der Waals surface area (Å²) in [6.07, 6.45) is 0. The Morgan fingerprint density at radius 2 is 2.21 bits per heavy atom. The highest BCUT2D eigenvalue weighted by Gasteiger charge is 2.14. The van der Waals surface area contributed by atoms with Gasteiger partial charge in [0, 0.05) is 10.8 Å². The molecule has 0 aliphatic carbocycles. The van der Waals surface area contributed by atoms with Gasteiger partial charge < -0.3 is 10.4 Å². The van der Waals surface area contributed by atoms with Crippen molar-refractivity contribution in [2.75, 3.05) is 12.4 Å². The lowest BCUT2D eigenvalue weighted by Crippen LogP contribution is -2.42. The number of aliphatic hydroxyl groups is 1. The van der Waals surface area contributed by atoms with E-state index in [1.165, 1.54) is 11.8 Å². The number of rotatable bonds is 7. The Morgan fingerprint density at radius 3 is 2.79 bits per heavy atom. The predicted molar refractivity (Wildman–Crippen MR) is 81.5 cm³/mol. The number of hydrogen-bond donors (Lipinski definition) is 2. The lowest BCUT2D eigenvalue weighted by molar-refractivity contribution is -0.119. The van der Waals surface area contributed by atoms with Crippen LogP contribution in [0.3, 0.4) is 0 Å². The molecule has 1 rings (SSSR count). The SMILES string of the molecule is CC(C)[C@@H](CO)NC(=O)CSCc1cccc(Cl)c1. The van der Waals surface area contributed by atoms with Crippen molar-refractivity contribution in [2.24, 2.45) is 5.92 Å². The Labute approximate surface area is 123 Å². The molecule has 0 aliphatic heterocycles. The van der Waals surface area contributed by atoms with Crippen LogP contribution >= 0.6 is 23.4 Å². The van der Waals surface area contributed by atoms with Crippen molar-refractivity contribution >= 4 is 29.3 Å². The number of aliphatic hydroxyl groups excluding tert-OH is 1. The number of benzene rings is 1. The van der Waals surface area contributed by atoms with Gasteiger partial charge in [0.15, 0.2) is 0 Å². The summed E-state index contributed by atoms with van der Waals surface area (Å²) in [6, 6.07) is 7.45. The maximum atomic E-state index is 11.7. The first-order chi connectivity index (χ1) is 9.02. The van der Waals surface area contributed by atoms with E-state index >= 15 is 0 Å². The van der Waals surface area contributed by atoms with Crippen LogP contribution in [0.15, 0.2) is 24.3 Å². The van der Waals surface area contributed by atoms with Crippen LogP contribution in [0.2, 0.25) is 5.02 Å². The summed E-state index contributed by atoms with van der Waals surface area (Å²) in [7, 11) is 0. The van der Waals surface area contributed by atoms with Crippen molar-refractivity contribution in [3.05, 3.63) is 34.9 Å². The van der Waals surface area contributed by atoms with Gasteiger partial charge in [-0.05, 0) is 23.6 Å². The van der Waals surface area contributed by atoms with Crippen LogP contribution in [0.25, 0.3) is 0 Å². The highest BCUT2D eigenvalue weighted by molar-refractivity contribution is 7.99. The Balaban J connectivity index is 2.31. The van der Waals surface area contributed by atoms with Crippen molar-refractivity contribution in [1.82, 2.24) is 5.32 Å². The molecule has 1 amide bonds. The van der Waals surface area contributed by atoms with E-state index in [2.05, 4.69) is 5.32 Å². The van der Waals surface area contributed by atoms with Crippen LogP contribution in [0, 0.1) is 5.92 Å². The Morgan fingerprint density at radius 1 is 1.47 bits per heavy atom. The molecule has 0 fully saturated rings. The minimum atomic E-state index is -0.167. The first kappa shape index (κ1) is 16.3. The molecule has 2 N–H and O–H groups in total. The van der Waals surface area contributed by atoms with Gasteiger partial charge in [0.05, 0.1) is 18.4 Å². The molecule has 0 unspecified atom stereocenters. The second-order valence-corrected chi connectivity index (χ2v) is 6.15. The molecule has 0 saturated heterocycles. The monoisotopic (exact) mass is 301 g/mol. The molecule has 0 bridgehead atoms. The molecule has 1 aromatic carbocycles. The van der Waals surface area contributed by atoms with Gasteiger partial charge in [0.2, 0.25) is 5.91 Å². The third-order valence-electron chi connectivity index (χ3n) is 2.74. The second-order valence-electron chi connectivity index (χ2n) is 4.72. The van der Waals surface area contributed by atoms with Crippen molar-refractivity contribution in [2.45, 2.75) is 25.6 Å². The minimum absolute atomic E-state index is 0.0254. The lowest BCUT2D eigenvalue weighted by atomic mass is 10.1. The van der Waals surface area contributed by atoms with Gasteiger partial charge in [-0.3, -0.25) is 4.79 Å². The van der Waals surface area contributed by atoms with Crippen LogP contribution < -0.4 is 5.32 Å². The number of thioether (sulfide) groups is 1. The summed E-state index contributed by atoms with van der Waals surface area (Å²) in [5.41, 5.74) is 1.10. The molecular formula is C14H20ClNO2S. The standard InChI is InChI=1S/C14H20ClNO2S/c1-10(2)13(7-17)16-14(18)9-19-8-11-4-3-5-12(15)6-11/h3-6,10,13,17H,7-9H2,1-2H3,(H,16,18)/t13-/m1/s1. The molecule has 1 aromatic rings. The molecule has 19 heavy (non-hydrogen) atoms. The predicted octanol–water partition coefficient (Wildman–Crippen LogP) is 2.71. The summed E-state index contributed by atoms with van der Waals surface area (Å²) >= 11 is 7.43. The summed E-state index contributed by atoms with van der Waals surface area (Å²) < 4.78 is 0. The van der Waals surface area contributed by atoms with Gasteiger partial charge in [0.25, 0.3) is 0 Å². The van der Waals surface area contributed by atoms with Gasteiger partial charge in [-0.25, -0.2) is 0 Å². The second kappa shape index (κ2) is 8.46. The van der Waals surface area contributed by atoms with Crippen molar-refractivity contribution in [3.8, 4) is 0 Å². The molecule has 0 aliphatic rings. The quantitative estimate of drug-likeness (QED) is 0.814. The van der Waals surface area contributed by atoms with Crippen molar-refractivity contribution in [3.63, 3.8) is 0 Å². The van der Waals surface area contributed by atoms with Crippen molar-refractivity contribution in [1.29, 1.82) is 0 Å². The van der Waals surface area contributed by atoms with Crippen LogP contribution in [0.4, 0.5) is 0 Å². The Kier molecular flexibility index (Phi) is 7.28. The summed E-state index contributed by atoms with van der Waals surface area (Å²) in [5.74, 6) is 1.32. The minimum Gasteiger partial charge on any atom is -0.394 e. The molecule has 1 atom stereocenters. The number of nitrogens with one attached hydrogen (secondary N) is 1. The zero-order chi connectivity index (χ0) is 14.3. The van der Waals surface area contributed by atoms with E-state index < -0.39 is 0 Å². The number of carbonyl (C=O) groups excluding carboxylic acids is 1. The fourth-order valence-corrected chi connectivity index (χ4v) is 2.56. The maximum absolute atomic E-state index is 11.7. The van der Waals surface area contributed by atoms with E-state index in [0.717, 1.165) is 11.3 Å².